The van der Waals surface area contributed by atoms with Crippen LogP contribution >= 0.6 is 0 Å². The highest BCUT2D eigenvalue weighted by molar-refractivity contribution is 6.23. The van der Waals surface area contributed by atoms with Gasteiger partial charge in [-0.15, -0.1) is 0 Å². The van der Waals surface area contributed by atoms with Crippen LogP contribution in [0.4, 0.5) is 0 Å². The Morgan fingerprint density at radius 3 is 1.57 bits per heavy atom. The van der Waals surface area contributed by atoms with Crippen molar-refractivity contribution in [2.75, 3.05) is 0 Å². The van der Waals surface area contributed by atoms with Gasteiger partial charge >= 0.3 is 0 Å². The molecule has 11 aromatic rings. The molecule has 9 aromatic carbocycles. The molecule has 11 rings (SSSR count). The first-order valence-corrected chi connectivity index (χ1v) is 18.0. The molecular formula is C50H30N2O. The van der Waals surface area contributed by atoms with Crippen molar-refractivity contribution in [3.8, 4) is 44.5 Å². The van der Waals surface area contributed by atoms with Gasteiger partial charge in [0.15, 0.2) is 0 Å². The summed E-state index contributed by atoms with van der Waals surface area (Å²) in [5, 5.41) is 9.35. The average molecular weight is 675 g/mol. The predicted molar refractivity (Wildman–Crippen MR) is 221 cm³/mol. The van der Waals surface area contributed by atoms with Gasteiger partial charge in [0.1, 0.15) is 11.2 Å². The van der Waals surface area contributed by atoms with Gasteiger partial charge in [-0.3, -0.25) is 9.97 Å². The van der Waals surface area contributed by atoms with Crippen LogP contribution in [0, 0.1) is 0 Å². The Kier molecular flexibility index (Phi) is 6.55. The number of para-hydroxylation sites is 2. The number of hydrogen-bond donors (Lipinski definition) is 0. The quantitative estimate of drug-likeness (QED) is 0.174. The molecule has 53 heavy (non-hydrogen) atoms. The van der Waals surface area contributed by atoms with Crippen LogP contribution in [0.15, 0.2) is 187 Å². The van der Waals surface area contributed by atoms with E-state index in [9.17, 15) is 0 Å². The highest BCUT2D eigenvalue weighted by Crippen LogP contribution is 2.39. The van der Waals surface area contributed by atoms with E-state index in [0.717, 1.165) is 60.4 Å². The monoisotopic (exact) mass is 674 g/mol. The molecule has 0 fully saturated rings. The third kappa shape index (κ3) is 4.82. The first-order chi connectivity index (χ1) is 26.2. The molecule has 0 aliphatic rings. The van der Waals surface area contributed by atoms with E-state index in [4.69, 9.17) is 14.4 Å². The fourth-order valence-electron chi connectivity index (χ4n) is 8.14. The summed E-state index contributed by atoms with van der Waals surface area (Å²) in [4.78, 5) is 9.51. The molecule has 0 saturated carbocycles. The van der Waals surface area contributed by atoms with Crippen molar-refractivity contribution in [1.82, 2.24) is 9.97 Å². The number of hydrogen-bond acceptors (Lipinski definition) is 3. The minimum Gasteiger partial charge on any atom is -0.455 e. The Labute approximate surface area is 305 Å². The van der Waals surface area contributed by atoms with Gasteiger partial charge in [-0.25, -0.2) is 0 Å². The Balaban J connectivity index is 0.938. The largest absolute Gasteiger partial charge is 0.455 e. The Bertz CT molecular complexity index is 3210. The number of benzene rings is 9. The van der Waals surface area contributed by atoms with Gasteiger partial charge in [0.05, 0.1) is 11.0 Å². The molecule has 0 unspecified atom stereocenters. The molecule has 246 valence electrons. The van der Waals surface area contributed by atoms with Gasteiger partial charge < -0.3 is 4.42 Å². The molecule has 0 aliphatic heterocycles. The first kappa shape index (κ1) is 29.6. The van der Waals surface area contributed by atoms with Crippen molar-refractivity contribution in [1.29, 1.82) is 0 Å². The van der Waals surface area contributed by atoms with E-state index in [1.54, 1.807) is 12.4 Å². The van der Waals surface area contributed by atoms with Crippen molar-refractivity contribution in [2.24, 2.45) is 0 Å². The lowest BCUT2D eigenvalue weighted by atomic mass is 9.93. The minimum absolute atomic E-state index is 0.915. The van der Waals surface area contributed by atoms with Gasteiger partial charge in [0.2, 0.25) is 0 Å². The molecule has 3 heteroatoms. The first-order valence-electron chi connectivity index (χ1n) is 18.0. The molecule has 0 atom stereocenters. The Morgan fingerprint density at radius 2 is 0.830 bits per heavy atom. The summed E-state index contributed by atoms with van der Waals surface area (Å²) in [6.07, 6.45) is 3.56. The van der Waals surface area contributed by atoms with Crippen molar-refractivity contribution >= 4 is 65.3 Å². The topological polar surface area (TPSA) is 38.9 Å². The van der Waals surface area contributed by atoms with Crippen LogP contribution in [0.5, 0.6) is 0 Å². The van der Waals surface area contributed by atoms with E-state index in [1.807, 2.05) is 12.1 Å². The fourth-order valence-corrected chi connectivity index (χ4v) is 8.14. The van der Waals surface area contributed by atoms with Gasteiger partial charge in [-0.2, -0.15) is 0 Å². The average Bonchev–Trinajstić information content (AvgIpc) is 3.62. The Morgan fingerprint density at radius 1 is 0.321 bits per heavy atom. The molecule has 0 N–H and O–H groups in total. The zero-order chi connectivity index (χ0) is 34.9. The fraction of sp³-hybridized carbons (Fsp3) is 0. The van der Waals surface area contributed by atoms with Crippen molar-refractivity contribution in [3.63, 3.8) is 0 Å². The molecule has 0 amide bonds. The molecule has 0 bridgehead atoms. The highest BCUT2D eigenvalue weighted by Gasteiger charge is 2.14. The summed E-state index contributed by atoms with van der Waals surface area (Å²) in [5.41, 5.74) is 13.0. The SMILES string of the molecule is c1cc(-c2ccc3cc(-c4cccc(-c5cccc6c5oc5ccccc56)c4)ccc3c2)cc(-c2ccc3c4ccccc4c4nccnc4c3c2)c1. The van der Waals surface area contributed by atoms with Gasteiger partial charge in [0.25, 0.3) is 0 Å². The zero-order valence-electron chi connectivity index (χ0n) is 28.6. The lowest BCUT2D eigenvalue weighted by molar-refractivity contribution is 0.670. The predicted octanol–water partition coefficient (Wildman–Crippen LogP) is 13.7. The molecule has 0 saturated heterocycles. The van der Waals surface area contributed by atoms with E-state index in [2.05, 4.69) is 158 Å². The third-order valence-corrected chi connectivity index (χ3v) is 10.7. The summed E-state index contributed by atoms with van der Waals surface area (Å²) < 4.78 is 6.36. The van der Waals surface area contributed by atoms with Crippen molar-refractivity contribution in [2.45, 2.75) is 0 Å². The summed E-state index contributed by atoms with van der Waals surface area (Å²) in [6, 6.07) is 61.0. The maximum Gasteiger partial charge on any atom is 0.143 e. The summed E-state index contributed by atoms with van der Waals surface area (Å²) in [7, 11) is 0. The van der Waals surface area contributed by atoms with E-state index in [1.165, 1.54) is 49.4 Å². The third-order valence-electron chi connectivity index (χ3n) is 10.7. The van der Waals surface area contributed by atoms with E-state index < -0.39 is 0 Å². The zero-order valence-corrected chi connectivity index (χ0v) is 28.6. The van der Waals surface area contributed by atoms with Crippen LogP contribution in [-0.4, -0.2) is 9.97 Å². The molecule has 2 aromatic heterocycles. The molecule has 0 aliphatic carbocycles. The standard InChI is InChI=1S/C50H30N2O/c1-2-14-44-41(12-1)42-23-22-38(30-46(42)49-48(44)51-24-25-52-49)32-9-5-8-31(26-32)34-18-20-37-28-35(19-21-36(37)27-34)33-10-6-11-39(29-33)40-15-7-16-45-43-13-3-4-17-47(43)53-50(40)45/h1-30H. The summed E-state index contributed by atoms with van der Waals surface area (Å²) >= 11 is 0. The van der Waals surface area contributed by atoms with E-state index >= 15 is 0 Å². The number of rotatable bonds is 4. The van der Waals surface area contributed by atoms with Crippen LogP contribution in [0.3, 0.4) is 0 Å². The van der Waals surface area contributed by atoms with Crippen LogP contribution < -0.4 is 0 Å². The smallest absolute Gasteiger partial charge is 0.143 e. The minimum atomic E-state index is 0.915. The maximum absolute atomic E-state index is 6.36. The summed E-state index contributed by atoms with van der Waals surface area (Å²) in [5.74, 6) is 0. The van der Waals surface area contributed by atoms with Gasteiger partial charge in [-0.1, -0.05) is 133 Å². The molecule has 3 nitrogen and oxygen atoms in total. The number of aromatic nitrogens is 2. The molecule has 2 heterocycles. The van der Waals surface area contributed by atoms with Crippen molar-refractivity contribution < 1.29 is 4.42 Å². The van der Waals surface area contributed by atoms with E-state index in [0.29, 0.717) is 0 Å². The molecular weight excluding hydrogens is 645 g/mol. The van der Waals surface area contributed by atoms with E-state index in [-0.39, 0.29) is 0 Å². The second kappa shape index (κ2) is 11.7. The van der Waals surface area contributed by atoms with Gasteiger partial charge in [-0.05, 0) is 96.9 Å². The summed E-state index contributed by atoms with van der Waals surface area (Å²) in [6.45, 7) is 0. The van der Waals surface area contributed by atoms with Crippen LogP contribution in [0.2, 0.25) is 0 Å². The lowest BCUT2D eigenvalue weighted by Crippen LogP contribution is -1.89. The van der Waals surface area contributed by atoms with Crippen LogP contribution in [-0.2, 0) is 0 Å². The second-order valence-corrected chi connectivity index (χ2v) is 13.8. The molecule has 0 radical (unpaired) electrons. The number of furan rings is 1. The maximum atomic E-state index is 6.36. The van der Waals surface area contributed by atoms with Crippen LogP contribution in [0.25, 0.3) is 110 Å². The molecule has 0 spiro atoms. The number of nitrogens with zero attached hydrogens (tertiary/aromatic N) is 2. The highest BCUT2D eigenvalue weighted by atomic mass is 16.3. The lowest BCUT2D eigenvalue weighted by Gasteiger charge is -2.12. The normalized spacial score (nSPS) is 11.8. The Hall–Kier alpha value is -7.10. The second-order valence-electron chi connectivity index (χ2n) is 13.8. The van der Waals surface area contributed by atoms with Crippen molar-refractivity contribution in [3.05, 3.63) is 182 Å². The number of fused-ring (bicyclic) bond motifs is 10. The van der Waals surface area contributed by atoms with Gasteiger partial charge in [0, 0.05) is 39.5 Å². The van der Waals surface area contributed by atoms with Crippen LogP contribution in [0.1, 0.15) is 0 Å².